The number of ether oxygens (including phenoxy) is 2. The Morgan fingerprint density at radius 1 is 0.958 bits per heavy atom. The van der Waals surface area contributed by atoms with Crippen LogP contribution in [0, 0.1) is 0 Å². The lowest BCUT2D eigenvalue weighted by Gasteiger charge is -2.07. The third-order valence-electron chi connectivity index (χ3n) is 3.40. The molecule has 5 heteroatoms. The number of aromatic carboxylic acids is 1. The van der Waals surface area contributed by atoms with Crippen LogP contribution in [0.1, 0.15) is 46.9 Å². The number of rotatable bonds is 8. The van der Waals surface area contributed by atoms with Crippen LogP contribution in [-0.4, -0.2) is 23.7 Å². The van der Waals surface area contributed by atoms with Crippen LogP contribution >= 0.6 is 0 Å². The van der Waals surface area contributed by atoms with Gasteiger partial charge in [0, 0.05) is 0 Å². The highest BCUT2D eigenvalue weighted by atomic mass is 16.5. The lowest BCUT2D eigenvalue weighted by Crippen LogP contribution is -2.09. The SMILES string of the molecule is CCCCCOc1ccc(C(=O)Oc2cccc(C(=O)O)c2)cc1. The Morgan fingerprint density at radius 3 is 2.38 bits per heavy atom. The Morgan fingerprint density at radius 2 is 1.71 bits per heavy atom. The summed E-state index contributed by atoms with van der Waals surface area (Å²) in [5.41, 5.74) is 0.438. The maximum atomic E-state index is 12.1. The van der Waals surface area contributed by atoms with Crippen molar-refractivity contribution in [2.24, 2.45) is 0 Å². The molecule has 0 aromatic heterocycles. The molecule has 0 aliphatic heterocycles. The zero-order valence-electron chi connectivity index (χ0n) is 13.5. The summed E-state index contributed by atoms with van der Waals surface area (Å²) in [7, 11) is 0. The zero-order chi connectivity index (χ0) is 17.4. The third-order valence-corrected chi connectivity index (χ3v) is 3.40. The van der Waals surface area contributed by atoms with Crippen molar-refractivity contribution >= 4 is 11.9 Å². The van der Waals surface area contributed by atoms with Crippen LogP contribution < -0.4 is 9.47 Å². The van der Waals surface area contributed by atoms with Gasteiger partial charge in [-0.2, -0.15) is 0 Å². The summed E-state index contributed by atoms with van der Waals surface area (Å²) in [6.07, 6.45) is 3.26. The van der Waals surface area contributed by atoms with Gasteiger partial charge in [0.05, 0.1) is 17.7 Å². The average molecular weight is 328 g/mol. The largest absolute Gasteiger partial charge is 0.494 e. The van der Waals surface area contributed by atoms with E-state index >= 15 is 0 Å². The van der Waals surface area contributed by atoms with Gasteiger partial charge in [-0.15, -0.1) is 0 Å². The van der Waals surface area contributed by atoms with Crippen molar-refractivity contribution in [3.8, 4) is 11.5 Å². The summed E-state index contributed by atoms with van der Waals surface area (Å²) < 4.78 is 10.8. The van der Waals surface area contributed by atoms with Gasteiger partial charge in [-0.25, -0.2) is 9.59 Å². The smallest absolute Gasteiger partial charge is 0.343 e. The van der Waals surface area contributed by atoms with E-state index in [4.69, 9.17) is 14.6 Å². The monoisotopic (exact) mass is 328 g/mol. The Balaban J connectivity index is 1.95. The van der Waals surface area contributed by atoms with Crippen LogP contribution in [-0.2, 0) is 0 Å². The summed E-state index contributed by atoms with van der Waals surface area (Å²) in [5, 5.41) is 8.94. The molecule has 0 amide bonds. The van der Waals surface area contributed by atoms with Crippen molar-refractivity contribution in [1.82, 2.24) is 0 Å². The molecular formula is C19H20O5. The quantitative estimate of drug-likeness (QED) is 0.447. The van der Waals surface area contributed by atoms with Crippen LogP contribution in [0.25, 0.3) is 0 Å². The predicted molar refractivity (Wildman–Crippen MR) is 89.8 cm³/mol. The maximum Gasteiger partial charge on any atom is 0.343 e. The number of carbonyl (C=O) groups is 2. The van der Waals surface area contributed by atoms with E-state index < -0.39 is 11.9 Å². The van der Waals surface area contributed by atoms with E-state index in [9.17, 15) is 9.59 Å². The topological polar surface area (TPSA) is 72.8 Å². The molecule has 0 atom stereocenters. The van der Waals surface area contributed by atoms with Gasteiger partial charge in [-0.05, 0) is 48.9 Å². The van der Waals surface area contributed by atoms with E-state index in [1.165, 1.54) is 24.3 Å². The van der Waals surface area contributed by atoms with Crippen LogP contribution in [0.3, 0.4) is 0 Å². The molecule has 126 valence electrons. The first-order chi connectivity index (χ1) is 11.6. The fourth-order valence-corrected chi connectivity index (χ4v) is 2.09. The lowest BCUT2D eigenvalue weighted by molar-refractivity contribution is 0.0687. The molecule has 0 heterocycles. The summed E-state index contributed by atoms with van der Waals surface area (Å²) >= 11 is 0. The van der Waals surface area contributed by atoms with Crippen LogP contribution in [0.2, 0.25) is 0 Å². The van der Waals surface area contributed by atoms with E-state index in [0.29, 0.717) is 17.9 Å². The number of hydrogen-bond donors (Lipinski definition) is 1. The number of unbranched alkanes of at least 4 members (excludes halogenated alkanes) is 2. The molecule has 5 nitrogen and oxygen atoms in total. The standard InChI is InChI=1S/C19H20O5/c1-2-3-4-12-23-16-10-8-14(9-11-16)19(22)24-17-7-5-6-15(13-17)18(20)21/h5-11,13H,2-4,12H2,1H3,(H,20,21). The molecule has 0 radical (unpaired) electrons. The maximum absolute atomic E-state index is 12.1. The molecule has 1 N–H and O–H groups in total. The normalized spacial score (nSPS) is 10.2. The molecular weight excluding hydrogens is 308 g/mol. The number of carboxylic acids is 1. The second-order valence-corrected chi connectivity index (χ2v) is 5.30. The molecule has 0 spiro atoms. The molecule has 0 saturated carbocycles. The van der Waals surface area contributed by atoms with Gasteiger partial charge < -0.3 is 14.6 Å². The Hall–Kier alpha value is -2.82. The van der Waals surface area contributed by atoms with Crippen LogP contribution in [0.15, 0.2) is 48.5 Å². The fourth-order valence-electron chi connectivity index (χ4n) is 2.09. The van der Waals surface area contributed by atoms with Gasteiger partial charge in [0.2, 0.25) is 0 Å². The van der Waals surface area contributed by atoms with Crippen LogP contribution in [0.4, 0.5) is 0 Å². The predicted octanol–water partition coefficient (Wildman–Crippen LogP) is 4.17. The van der Waals surface area contributed by atoms with Gasteiger partial charge in [0.1, 0.15) is 11.5 Å². The molecule has 0 aliphatic rings. The van der Waals surface area contributed by atoms with E-state index in [-0.39, 0.29) is 11.3 Å². The summed E-state index contributed by atoms with van der Waals surface area (Å²) in [4.78, 5) is 23.0. The van der Waals surface area contributed by atoms with Gasteiger partial charge >= 0.3 is 11.9 Å². The summed E-state index contributed by atoms with van der Waals surface area (Å²) in [5.74, 6) is -0.720. The van der Waals surface area contributed by atoms with Crippen molar-refractivity contribution in [3.63, 3.8) is 0 Å². The van der Waals surface area contributed by atoms with Crippen molar-refractivity contribution in [2.45, 2.75) is 26.2 Å². The number of esters is 1. The van der Waals surface area contributed by atoms with Gasteiger partial charge in [0.15, 0.2) is 0 Å². The molecule has 0 fully saturated rings. The molecule has 0 unspecified atom stereocenters. The molecule has 0 saturated heterocycles. The average Bonchev–Trinajstić information content (AvgIpc) is 2.59. The second-order valence-electron chi connectivity index (χ2n) is 5.30. The highest BCUT2D eigenvalue weighted by Gasteiger charge is 2.10. The molecule has 2 rings (SSSR count). The molecule has 2 aromatic rings. The zero-order valence-corrected chi connectivity index (χ0v) is 13.5. The minimum absolute atomic E-state index is 0.0659. The Bertz CT molecular complexity index is 691. The Labute approximate surface area is 140 Å². The van der Waals surface area contributed by atoms with Gasteiger partial charge in [-0.1, -0.05) is 25.8 Å². The van der Waals surface area contributed by atoms with Crippen molar-refractivity contribution in [1.29, 1.82) is 0 Å². The van der Waals surface area contributed by atoms with Crippen LogP contribution in [0.5, 0.6) is 11.5 Å². The molecule has 2 aromatic carbocycles. The Kier molecular flexibility index (Phi) is 6.37. The summed E-state index contributed by atoms with van der Waals surface area (Å²) in [6, 6.07) is 12.5. The lowest BCUT2D eigenvalue weighted by atomic mass is 10.2. The van der Waals surface area contributed by atoms with Crippen molar-refractivity contribution < 1.29 is 24.2 Å². The molecule has 0 bridgehead atoms. The fraction of sp³-hybridized carbons (Fsp3) is 0.263. The number of carboxylic acid groups (broad SMARTS) is 1. The number of carbonyl (C=O) groups excluding carboxylic acids is 1. The van der Waals surface area contributed by atoms with Gasteiger partial charge in [0.25, 0.3) is 0 Å². The van der Waals surface area contributed by atoms with E-state index in [1.807, 2.05) is 0 Å². The minimum Gasteiger partial charge on any atom is -0.494 e. The third kappa shape index (κ3) is 5.12. The van der Waals surface area contributed by atoms with Crippen molar-refractivity contribution in [3.05, 3.63) is 59.7 Å². The first kappa shape index (κ1) is 17.5. The highest BCUT2D eigenvalue weighted by Crippen LogP contribution is 2.17. The van der Waals surface area contributed by atoms with E-state index in [2.05, 4.69) is 6.92 Å². The minimum atomic E-state index is -1.07. The molecule has 0 aliphatic carbocycles. The van der Waals surface area contributed by atoms with Gasteiger partial charge in [-0.3, -0.25) is 0 Å². The first-order valence-corrected chi connectivity index (χ1v) is 7.88. The number of hydrogen-bond acceptors (Lipinski definition) is 4. The number of benzene rings is 2. The summed E-state index contributed by atoms with van der Waals surface area (Å²) in [6.45, 7) is 2.78. The molecule has 24 heavy (non-hydrogen) atoms. The second kappa shape index (κ2) is 8.72. The van der Waals surface area contributed by atoms with E-state index in [1.54, 1.807) is 24.3 Å². The van der Waals surface area contributed by atoms with Crippen molar-refractivity contribution in [2.75, 3.05) is 6.61 Å². The first-order valence-electron chi connectivity index (χ1n) is 7.88. The highest BCUT2D eigenvalue weighted by molar-refractivity contribution is 5.92. The van der Waals surface area contributed by atoms with E-state index in [0.717, 1.165) is 19.3 Å².